The van der Waals surface area contributed by atoms with Crippen LogP contribution in [-0.4, -0.2) is 26.9 Å². The van der Waals surface area contributed by atoms with Gasteiger partial charge in [0.25, 0.3) is 5.56 Å². The topological polar surface area (TPSA) is 72.7 Å². The maximum atomic E-state index is 11.8. The third-order valence-corrected chi connectivity index (χ3v) is 2.61. The van der Waals surface area contributed by atoms with Crippen LogP contribution in [0.4, 0.5) is 0 Å². The molecule has 2 aromatic rings. The average Bonchev–Trinajstić information content (AvgIpc) is 2.61. The molecule has 0 spiro atoms. The molecular weight excluding hydrogens is 219 g/mol. The van der Waals surface area contributed by atoms with Gasteiger partial charge in [0.1, 0.15) is 0 Å². The van der Waals surface area contributed by atoms with E-state index >= 15 is 0 Å². The molecule has 0 amide bonds. The molecule has 7 heteroatoms. The van der Waals surface area contributed by atoms with Crippen molar-refractivity contribution in [2.45, 2.75) is 13.5 Å². The Bertz CT molecular complexity index is 757. The average molecular weight is 230 g/mol. The molecule has 0 aliphatic heterocycles. The van der Waals surface area contributed by atoms with E-state index in [9.17, 15) is 9.59 Å². The van der Waals surface area contributed by atoms with Crippen LogP contribution in [-0.2, 0) is 13.6 Å². The third-order valence-electron chi connectivity index (χ3n) is 2.61. The molecule has 1 N–H and O–H groups in total. The van der Waals surface area contributed by atoms with Gasteiger partial charge in [0.05, 0.1) is 12.3 Å². The van der Waals surface area contributed by atoms with Crippen LogP contribution in [0.1, 0.15) is 6.92 Å². The van der Waals surface area contributed by atoms with E-state index in [2.05, 4.69) is 21.8 Å². The second kappa shape index (κ2) is 3.98. The van der Waals surface area contributed by atoms with E-state index in [1.807, 2.05) is 0 Å². The summed E-state index contributed by atoms with van der Waals surface area (Å²) in [6.45, 7) is 2.12. The van der Waals surface area contributed by atoms with Gasteiger partial charge in [-0.1, -0.05) is 5.92 Å². The smallest absolute Gasteiger partial charge is 0.319 e. The summed E-state index contributed by atoms with van der Waals surface area (Å²) >= 11 is 0. The number of aromatic amines is 1. The number of nitrogens with zero attached hydrogens (tertiary/aromatic N) is 3. The number of imidazole rings is 1. The van der Waals surface area contributed by atoms with Crippen LogP contribution < -0.4 is 17.0 Å². The second-order valence-corrected chi connectivity index (χ2v) is 3.66. The van der Waals surface area contributed by atoms with Crippen LogP contribution in [0.5, 0.6) is 0 Å². The molecule has 2 heterocycles. The Labute approximate surface area is 97.7 Å². The van der Waals surface area contributed by atoms with E-state index in [0.29, 0.717) is 23.4 Å². The quantitative estimate of drug-likeness (QED) is 0.442. The highest BCUT2D eigenvalue weighted by Gasteiger charge is 2.13. The first-order valence-corrected chi connectivity index (χ1v) is 5.12. The Kier molecular flexibility index (Phi) is 2.64. The molecule has 2 aromatic heterocycles. The van der Waals surface area contributed by atoms with Gasteiger partial charge >= 0.3 is 5.69 Å². The van der Waals surface area contributed by atoms with Crippen molar-refractivity contribution in [3.8, 4) is 11.8 Å². The fourth-order valence-corrected chi connectivity index (χ4v) is 1.69. The van der Waals surface area contributed by atoms with Crippen molar-refractivity contribution in [3.63, 3.8) is 0 Å². The van der Waals surface area contributed by atoms with Crippen LogP contribution in [0.3, 0.4) is 0 Å². The zero-order valence-electron chi connectivity index (χ0n) is 9.87. The highest BCUT2D eigenvalue weighted by molar-refractivity contribution is 6.30. The molecule has 86 valence electrons. The van der Waals surface area contributed by atoms with Crippen LogP contribution in [0.2, 0.25) is 0 Å². The fourth-order valence-electron chi connectivity index (χ4n) is 1.69. The van der Waals surface area contributed by atoms with Crippen molar-refractivity contribution in [2.24, 2.45) is 7.05 Å². The predicted octanol–water partition coefficient (Wildman–Crippen LogP) is -2.29. The van der Waals surface area contributed by atoms with Crippen molar-refractivity contribution in [3.05, 3.63) is 20.8 Å². The van der Waals surface area contributed by atoms with Gasteiger partial charge in [-0.2, -0.15) is 0 Å². The molecule has 0 atom stereocenters. The van der Waals surface area contributed by atoms with E-state index in [0.717, 1.165) is 0 Å². The van der Waals surface area contributed by atoms with Gasteiger partial charge in [-0.25, -0.2) is 9.78 Å². The van der Waals surface area contributed by atoms with E-state index in [1.54, 1.807) is 26.4 Å². The maximum Gasteiger partial charge on any atom is 0.329 e. The molecule has 0 radical (unpaired) electrons. The minimum absolute atomic E-state index is 0.382. The molecular formula is C10H11BN4O2. The molecule has 0 aromatic carbocycles. The minimum Gasteiger partial charge on any atom is -0.319 e. The first-order valence-electron chi connectivity index (χ1n) is 5.12. The van der Waals surface area contributed by atoms with Gasteiger partial charge in [0.2, 0.25) is 0 Å². The SMILES string of the molecule is Bc1nc2c(c(=O)[nH]c(=O)n2C)n1CC#CC. The van der Waals surface area contributed by atoms with Crippen molar-refractivity contribution in [1.82, 2.24) is 19.1 Å². The number of fused-ring (bicyclic) bond motifs is 1. The first kappa shape index (κ1) is 11.3. The van der Waals surface area contributed by atoms with Crippen LogP contribution in [0, 0.1) is 11.8 Å². The lowest BCUT2D eigenvalue weighted by Crippen LogP contribution is -2.29. The number of hydrogen-bond acceptors (Lipinski definition) is 3. The summed E-state index contributed by atoms with van der Waals surface area (Å²) in [4.78, 5) is 29.7. The summed E-state index contributed by atoms with van der Waals surface area (Å²) in [5.74, 6) is 5.64. The Morgan fingerprint density at radius 3 is 2.82 bits per heavy atom. The number of aromatic nitrogens is 4. The maximum absolute atomic E-state index is 11.8. The summed E-state index contributed by atoms with van der Waals surface area (Å²) in [5.41, 5.74) is 0.534. The van der Waals surface area contributed by atoms with E-state index in [-0.39, 0.29) is 0 Å². The van der Waals surface area contributed by atoms with Crippen LogP contribution in [0.25, 0.3) is 11.2 Å². The van der Waals surface area contributed by atoms with Gasteiger partial charge in [0, 0.05) is 7.05 Å². The summed E-state index contributed by atoms with van der Waals surface area (Å²) in [5, 5.41) is 0. The van der Waals surface area contributed by atoms with Crippen LogP contribution in [0.15, 0.2) is 9.59 Å². The lowest BCUT2D eigenvalue weighted by atomic mass is 10.1. The third kappa shape index (κ3) is 1.67. The number of nitrogens with one attached hydrogen (secondary N) is 1. The van der Waals surface area contributed by atoms with Gasteiger partial charge in [-0.15, -0.1) is 5.92 Å². The Balaban J connectivity index is 2.90. The number of aryl methyl sites for hydroxylation is 1. The highest BCUT2D eigenvalue weighted by atomic mass is 16.2. The Morgan fingerprint density at radius 2 is 2.18 bits per heavy atom. The zero-order valence-corrected chi connectivity index (χ0v) is 9.87. The number of rotatable bonds is 1. The second-order valence-electron chi connectivity index (χ2n) is 3.66. The summed E-state index contributed by atoms with van der Waals surface area (Å²) < 4.78 is 3.02. The molecule has 0 bridgehead atoms. The number of hydrogen-bond donors (Lipinski definition) is 1. The zero-order chi connectivity index (χ0) is 12.6. The highest BCUT2D eigenvalue weighted by Crippen LogP contribution is 2.01. The molecule has 0 saturated carbocycles. The minimum atomic E-state index is -0.464. The largest absolute Gasteiger partial charge is 0.329 e. The number of H-pyrrole nitrogens is 1. The fraction of sp³-hybridized carbons (Fsp3) is 0.300. The van der Waals surface area contributed by atoms with E-state index < -0.39 is 11.2 Å². The van der Waals surface area contributed by atoms with Crippen molar-refractivity contribution in [2.75, 3.05) is 0 Å². The molecule has 6 nitrogen and oxygen atoms in total. The van der Waals surface area contributed by atoms with E-state index in [4.69, 9.17) is 0 Å². The normalized spacial score (nSPS) is 10.2. The summed E-state index contributed by atoms with van der Waals surface area (Å²) in [6.07, 6.45) is 0. The lowest BCUT2D eigenvalue weighted by Gasteiger charge is -2.01. The summed E-state index contributed by atoms with van der Waals surface area (Å²) in [7, 11) is 3.35. The molecule has 17 heavy (non-hydrogen) atoms. The van der Waals surface area contributed by atoms with Crippen LogP contribution >= 0.6 is 0 Å². The van der Waals surface area contributed by atoms with Crippen molar-refractivity contribution < 1.29 is 0 Å². The molecule has 0 aliphatic carbocycles. The van der Waals surface area contributed by atoms with Crippen molar-refractivity contribution >= 4 is 24.7 Å². The van der Waals surface area contributed by atoms with Gasteiger partial charge in [-0.05, 0) is 6.92 Å². The van der Waals surface area contributed by atoms with Crippen molar-refractivity contribution in [1.29, 1.82) is 0 Å². The molecule has 0 saturated heterocycles. The Morgan fingerprint density at radius 1 is 1.47 bits per heavy atom. The van der Waals surface area contributed by atoms with Gasteiger partial charge in [-0.3, -0.25) is 14.3 Å². The first-order chi connectivity index (χ1) is 8.06. The molecule has 2 rings (SSSR count). The summed E-state index contributed by atoms with van der Waals surface area (Å²) in [6, 6.07) is 0. The van der Waals surface area contributed by atoms with Gasteiger partial charge < -0.3 is 4.57 Å². The monoisotopic (exact) mass is 230 g/mol. The molecule has 0 aliphatic rings. The molecule has 0 unspecified atom stereocenters. The Hall–Kier alpha value is -2.23. The lowest BCUT2D eigenvalue weighted by molar-refractivity contribution is 0.824. The standard InChI is InChI=1S/C10H11BN4O2/c1-3-4-5-15-6-7(12-9(15)11)14(2)10(17)13-8(6)16/h5,11H2,1-2H3,(H,13,16,17). The predicted molar refractivity (Wildman–Crippen MR) is 67.2 cm³/mol. The van der Waals surface area contributed by atoms with Gasteiger partial charge in [0.15, 0.2) is 19.0 Å². The molecule has 0 fully saturated rings. The van der Waals surface area contributed by atoms with E-state index in [1.165, 1.54) is 4.57 Å².